The van der Waals surface area contributed by atoms with Gasteiger partial charge in [0.25, 0.3) is 0 Å². The number of carboxylic acid groups (broad SMARTS) is 1. The van der Waals surface area contributed by atoms with Gasteiger partial charge in [-0.05, 0) is 12.8 Å². The van der Waals surface area contributed by atoms with Crippen LogP contribution in [0.4, 0.5) is 0 Å². The molecule has 0 aromatic heterocycles. The lowest BCUT2D eigenvalue weighted by Crippen LogP contribution is -2.37. The van der Waals surface area contributed by atoms with Gasteiger partial charge in [-0.25, -0.2) is 0 Å². The van der Waals surface area contributed by atoms with Crippen LogP contribution in [0.3, 0.4) is 0 Å². The van der Waals surface area contributed by atoms with Gasteiger partial charge in [-0.1, -0.05) is 37.9 Å². The van der Waals surface area contributed by atoms with E-state index in [0.29, 0.717) is 6.42 Å². The van der Waals surface area contributed by atoms with Gasteiger partial charge in [-0.2, -0.15) is 0 Å². The van der Waals surface area contributed by atoms with Crippen LogP contribution in [0.2, 0.25) is 5.31 Å². The summed E-state index contributed by atoms with van der Waals surface area (Å²) >= 11 is 0. The van der Waals surface area contributed by atoms with E-state index in [2.05, 4.69) is 14.8 Å². The fraction of sp³-hybridized carbons (Fsp3) is 0.909. The summed E-state index contributed by atoms with van der Waals surface area (Å²) in [5.41, 5.74) is 5.96. The summed E-state index contributed by atoms with van der Waals surface area (Å²) in [6, 6.07) is -0.167. The van der Waals surface area contributed by atoms with Gasteiger partial charge >= 0.3 is 5.97 Å². The predicted octanol–water partition coefficient (Wildman–Crippen LogP) is 1.18. The summed E-state index contributed by atoms with van der Waals surface area (Å²) in [4.78, 5) is 11.1. The van der Waals surface area contributed by atoms with E-state index in [0.717, 1.165) is 19.3 Å². The summed E-state index contributed by atoms with van der Waals surface area (Å²) in [6.07, 6.45) is 6.14. The lowest BCUT2D eigenvalue weighted by atomic mass is 9.62. The van der Waals surface area contributed by atoms with Crippen molar-refractivity contribution in [3.05, 3.63) is 0 Å². The maximum Gasteiger partial charge on any atom is 0.308 e. The number of nitrogens with two attached hydrogens (primary N) is 1. The zero-order valence-electron chi connectivity index (χ0n) is 9.83. The molecule has 0 bridgehead atoms. The molecule has 0 saturated heterocycles. The van der Waals surface area contributed by atoms with Crippen molar-refractivity contribution in [2.75, 3.05) is 0 Å². The van der Waals surface area contributed by atoms with E-state index in [1.165, 1.54) is 12.8 Å². The first-order chi connectivity index (χ1) is 6.92. The van der Waals surface area contributed by atoms with Crippen molar-refractivity contribution < 1.29 is 9.90 Å². The minimum atomic E-state index is -0.725. The zero-order valence-corrected chi connectivity index (χ0v) is 9.83. The molecule has 1 aliphatic carbocycles. The van der Waals surface area contributed by atoms with E-state index < -0.39 is 5.97 Å². The highest BCUT2D eigenvalue weighted by atomic mass is 16.4. The molecule has 3 N–H and O–H groups in total. The molecule has 1 rings (SSSR count). The number of rotatable bonds is 1. The predicted molar refractivity (Wildman–Crippen MR) is 63.7 cm³/mol. The quantitative estimate of drug-likeness (QED) is 0.640. The second-order valence-electron chi connectivity index (χ2n) is 5.58. The molecule has 3 nitrogen and oxygen atoms in total. The van der Waals surface area contributed by atoms with Crippen molar-refractivity contribution in [3.63, 3.8) is 0 Å². The minimum Gasteiger partial charge on any atom is -0.481 e. The van der Waals surface area contributed by atoms with E-state index in [1.807, 2.05) is 0 Å². The second-order valence-corrected chi connectivity index (χ2v) is 5.58. The van der Waals surface area contributed by atoms with Crippen LogP contribution in [0, 0.1) is 5.92 Å². The van der Waals surface area contributed by atoms with E-state index >= 15 is 0 Å². The molecule has 0 aromatic carbocycles. The SMILES string of the molecule is BC1(C)CCCCCC(N)C(C(=O)O)C1. The molecule has 0 aliphatic heterocycles. The van der Waals surface area contributed by atoms with Gasteiger partial charge in [-0.15, -0.1) is 0 Å². The first kappa shape index (κ1) is 12.6. The van der Waals surface area contributed by atoms with Gasteiger partial charge in [0.15, 0.2) is 0 Å². The Balaban J connectivity index is 2.74. The third-order valence-corrected chi connectivity index (χ3v) is 3.50. The Morgan fingerprint density at radius 3 is 2.73 bits per heavy atom. The molecule has 3 unspecified atom stereocenters. The third-order valence-electron chi connectivity index (χ3n) is 3.50. The Hall–Kier alpha value is -0.505. The molecule has 1 saturated carbocycles. The Labute approximate surface area is 92.8 Å². The van der Waals surface area contributed by atoms with Crippen molar-refractivity contribution in [3.8, 4) is 0 Å². The van der Waals surface area contributed by atoms with Crippen molar-refractivity contribution >= 4 is 13.8 Å². The molecule has 0 spiro atoms. The van der Waals surface area contributed by atoms with Gasteiger partial charge < -0.3 is 10.8 Å². The fourth-order valence-electron chi connectivity index (χ4n) is 2.48. The largest absolute Gasteiger partial charge is 0.481 e. The van der Waals surface area contributed by atoms with Crippen molar-refractivity contribution in [1.82, 2.24) is 0 Å². The van der Waals surface area contributed by atoms with Crippen LogP contribution in [0.1, 0.15) is 45.4 Å². The van der Waals surface area contributed by atoms with Gasteiger partial charge in [0.2, 0.25) is 0 Å². The lowest BCUT2D eigenvalue weighted by molar-refractivity contribution is -0.143. The molecular weight excluding hydrogens is 189 g/mol. The maximum atomic E-state index is 11.1. The van der Waals surface area contributed by atoms with Crippen molar-refractivity contribution in [2.24, 2.45) is 11.7 Å². The van der Waals surface area contributed by atoms with Gasteiger partial charge in [0.05, 0.1) is 5.92 Å². The van der Waals surface area contributed by atoms with Gasteiger partial charge in [-0.3, -0.25) is 4.79 Å². The van der Waals surface area contributed by atoms with Crippen LogP contribution in [-0.2, 0) is 4.79 Å². The van der Waals surface area contributed by atoms with Crippen LogP contribution >= 0.6 is 0 Å². The summed E-state index contributed by atoms with van der Waals surface area (Å²) in [6.45, 7) is 2.15. The molecule has 15 heavy (non-hydrogen) atoms. The van der Waals surface area contributed by atoms with Gasteiger partial charge in [0, 0.05) is 6.04 Å². The Bertz CT molecular complexity index is 231. The average Bonchev–Trinajstić information content (AvgIpc) is 2.17. The van der Waals surface area contributed by atoms with E-state index in [9.17, 15) is 4.79 Å². The van der Waals surface area contributed by atoms with E-state index in [1.54, 1.807) is 0 Å². The molecule has 0 heterocycles. The van der Waals surface area contributed by atoms with Crippen LogP contribution in [0.5, 0.6) is 0 Å². The molecule has 3 atom stereocenters. The Morgan fingerprint density at radius 2 is 2.13 bits per heavy atom. The highest BCUT2D eigenvalue weighted by Crippen LogP contribution is 2.38. The number of carboxylic acids is 1. The molecule has 86 valence electrons. The third kappa shape index (κ3) is 3.86. The molecule has 0 aromatic rings. The van der Waals surface area contributed by atoms with Crippen molar-refractivity contribution in [1.29, 1.82) is 0 Å². The molecule has 0 radical (unpaired) electrons. The number of hydrogen-bond acceptors (Lipinski definition) is 2. The van der Waals surface area contributed by atoms with Crippen LogP contribution < -0.4 is 5.73 Å². The van der Waals surface area contributed by atoms with Crippen molar-refractivity contribution in [2.45, 2.75) is 56.8 Å². The summed E-state index contributed by atoms with van der Waals surface area (Å²) in [7, 11) is 2.15. The normalized spacial score (nSPS) is 38.8. The molecular formula is C11H22BNO2. The highest BCUT2D eigenvalue weighted by Gasteiger charge is 2.32. The Kier molecular flexibility index (Phi) is 4.20. The maximum absolute atomic E-state index is 11.1. The summed E-state index contributed by atoms with van der Waals surface area (Å²) in [5, 5.41) is 9.29. The smallest absolute Gasteiger partial charge is 0.308 e. The molecule has 1 fully saturated rings. The van der Waals surface area contributed by atoms with E-state index in [4.69, 9.17) is 10.8 Å². The minimum absolute atomic E-state index is 0.116. The molecule has 1 aliphatic rings. The lowest BCUT2D eigenvalue weighted by Gasteiger charge is -2.29. The summed E-state index contributed by atoms with van der Waals surface area (Å²) < 4.78 is 0. The van der Waals surface area contributed by atoms with Crippen LogP contribution in [0.25, 0.3) is 0 Å². The second kappa shape index (κ2) is 5.02. The summed E-state index contributed by atoms with van der Waals surface area (Å²) in [5.74, 6) is -1.09. The monoisotopic (exact) mass is 211 g/mol. The topological polar surface area (TPSA) is 63.3 Å². The Morgan fingerprint density at radius 1 is 1.47 bits per heavy atom. The van der Waals surface area contributed by atoms with Crippen LogP contribution in [-0.4, -0.2) is 25.0 Å². The number of carbonyl (C=O) groups is 1. The van der Waals surface area contributed by atoms with Gasteiger partial charge in [0.1, 0.15) is 7.85 Å². The zero-order chi connectivity index (χ0) is 11.5. The highest BCUT2D eigenvalue weighted by molar-refractivity contribution is 6.15. The van der Waals surface area contributed by atoms with E-state index in [-0.39, 0.29) is 17.3 Å². The number of aliphatic carboxylic acids is 1. The first-order valence-electron chi connectivity index (χ1n) is 5.91. The number of hydrogen-bond donors (Lipinski definition) is 2. The average molecular weight is 211 g/mol. The first-order valence-corrected chi connectivity index (χ1v) is 5.91. The molecule has 4 heteroatoms. The fourth-order valence-corrected chi connectivity index (χ4v) is 2.48. The molecule has 0 amide bonds. The van der Waals surface area contributed by atoms with Crippen LogP contribution in [0.15, 0.2) is 0 Å². The standard InChI is InChI=1S/C11H22BNO2/c1-11(12)6-4-2-3-5-9(13)8(7-11)10(14)15/h8-9H,2-7,12-13H2,1H3,(H,14,15).